The van der Waals surface area contributed by atoms with E-state index in [1.807, 2.05) is 24.3 Å². The number of aromatic nitrogens is 4. The lowest BCUT2D eigenvalue weighted by Crippen LogP contribution is -2.27. The Morgan fingerprint density at radius 2 is 1.83 bits per heavy atom. The number of carbonyl (C=O) groups excluding carboxylic acids is 1. The molecule has 0 atom stereocenters. The van der Waals surface area contributed by atoms with Crippen LogP contribution in [0.15, 0.2) is 89.0 Å². The molecule has 1 amide bonds. The van der Waals surface area contributed by atoms with Crippen molar-refractivity contribution in [2.24, 2.45) is 10.9 Å². The van der Waals surface area contributed by atoms with Gasteiger partial charge in [0, 0.05) is 46.9 Å². The van der Waals surface area contributed by atoms with Crippen molar-refractivity contribution in [1.82, 2.24) is 19.2 Å². The molecule has 1 saturated carbocycles. The van der Waals surface area contributed by atoms with E-state index in [0.29, 0.717) is 28.2 Å². The number of carbonyl (C=O) groups is 1. The number of nitrogens with zero attached hydrogens (tertiary/aromatic N) is 5. The molecule has 3 heterocycles. The van der Waals surface area contributed by atoms with Gasteiger partial charge in [0.2, 0.25) is 0 Å². The van der Waals surface area contributed by atoms with E-state index in [1.165, 1.54) is 23.0 Å². The smallest absolute Gasteiger partial charge is 0.267 e. The fourth-order valence-corrected chi connectivity index (χ4v) is 5.88. The number of benzene rings is 2. The molecule has 0 saturated heterocycles. The molecule has 3 N–H and O–H groups in total. The molecule has 0 spiro atoms. The van der Waals surface area contributed by atoms with E-state index >= 15 is 4.39 Å². The summed E-state index contributed by atoms with van der Waals surface area (Å²) in [6, 6.07) is 18.5. The van der Waals surface area contributed by atoms with Crippen molar-refractivity contribution in [3.63, 3.8) is 0 Å². The third-order valence-electron chi connectivity index (χ3n) is 8.01. The molecule has 42 heavy (non-hydrogen) atoms. The van der Waals surface area contributed by atoms with Gasteiger partial charge >= 0.3 is 0 Å². The first-order valence-electron chi connectivity index (χ1n) is 13.9. The van der Waals surface area contributed by atoms with Crippen molar-refractivity contribution in [2.45, 2.75) is 31.6 Å². The quantitative estimate of drug-likeness (QED) is 0.254. The van der Waals surface area contributed by atoms with Crippen molar-refractivity contribution in [3.05, 3.63) is 107 Å². The summed E-state index contributed by atoms with van der Waals surface area (Å²) < 4.78 is 18.8. The summed E-state index contributed by atoms with van der Waals surface area (Å²) in [5, 5.41) is 7.12. The summed E-state index contributed by atoms with van der Waals surface area (Å²) in [7, 11) is 0. The summed E-state index contributed by atoms with van der Waals surface area (Å²) in [6.45, 7) is 4.39. The molecule has 0 unspecified atom stereocenters. The minimum absolute atomic E-state index is 0.0579. The maximum absolute atomic E-state index is 15.7. The van der Waals surface area contributed by atoms with Crippen LogP contribution >= 0.6 is 0 Å². The number of hydrogen-bond donors (Lipinski definition) is 2. The van der Waals surface area contributed by atoms with Crippen molar-refractivity contribution in [3.8, 4) is 16.8 Å². The number of hydrogen-bond acceptors (Lipinski definition) is 6. The highest BCUT2D eigenvalue weighted by Crippen LogP contribution is 2.41. The van der Waals surface area contributed by atoms with Gasteiger partial charge in [-0.15, -0.1) is 0 Å². The van der Waals surface area contributed by atoms with E-state index in [4.69, 9.17) is 5.73 Å². The number of nitrogens with two attached hydrogens (primary N) is 1. The van der Waals surface area contributed by atoms with E-state index in [-0.39, 0.29) is 23.0 Å². The predicted molar refractivity (Wildman–Crippen MR) is 162 cm³/mol. The zero-order chi connectivity index (χ0) is 29.2. The molecule has 6 rings (SSSR count). The minimum atomic E-state index is -0.631. The standard InChI is InChI=1S/C32H30FN7O2/c1-35-18-20-9-11-21(12-10-20)28-17-26(29-30(34)36-19-37-40(28)29)24-14-13-22(16-27(24)33)38-31(41)25-8-5-15-39(32(25)42)23-6-3-2-4-7-23/h2-8,13-17,19-21H,1,9-12,18H2,(H,38,41)(H2,34,36,37)/t20-,21+. The van der Waals surface area contributed by atoms with E-state index in [0.717, 1.165) is 37.9 Å². The lowest BCUT2D eigenvalue weighted by molar-refractivity contribution is 0.102. The number of nitrogens with one attached hydrogen (secondary N) is 1. The monoisotopic (exact) mass is 563 g/mol. The molecule has 2 aromatic carbocycles. The van der Waals surface area contributed by atoms with Crippen LogP contribution in [0.2, 0.25) is 0 Å². The summed E-state index contributed by atoms with van der Waals surface area (Å²) in [5.74, 6) is -0.151. The molecular formula is C32H30FN7O2. The fraction of sp³-hybridized carbons (Fsp3) is 0.219. The third-order valence-corrected chi connectivity index (χ3v) is 8.01. The second-order valence-corrected chi connectivity index (χ2v) is 10.6. The summed E-state index contributed by atoms with van der Waals surface area (Å²) >= 11 is 0. The number of halogens is 1. The van der Waals surface area contributed by atoms with Crippen LogP contribution in [0.25, 0.3) is 22.3 Å². The second-order valence-electron chi connectivity index (χ2n) is 10.6. The molecule has 0 aliphatic heterocycles. The number of rotatable bonds is 7. The van der Waals surface area contributed by atoms with Crippen molar-refractivity contribution < 1.29 is 9.18 Å². The topological polar surface area (TPSA) is 120 Å². The summed E-state index contributed by atoms with van der Waals surface area (Å²) in [5.41, 5.74) is 9.01. The average Bonchev–Trinajstić information content (AvgIpc) is 3.39. The molecule has 5 aromatic rings. The Balaban J connectivity index is 1.29. The number of fused-ring (bicyclic) bond motifs is 1. The first-order chi connectivity index (χ1) is 20.4. The highest BCUT2D eigenvalue weighted by molar-refractivity contribution is 6.04. The first kappa shape index (κ1) is 27.1. The van der Waals surface area contributed by atoms with E-state index in [1.54, 1.807) is 41.0 Å². The number of amides is 1. The van der Waals surface area contributed by atoms with E-state index in [2.05, 4.69) is 27.1 Å². The first-order valence-corrected chi connectivity index (χ1v) is 13.9. The van der Waals surface area contributed by atoms with Crippen LogP contribution in [0.3, 0.4) is 0 Å². The number of nitrogen functional groups attached to an aromatic ring is 1. The zero-order valence-corrected chi connectivity index (χ0v) is 22.9. The van der Waals surface area contributed by atoms with Crippen LogP contribution in [-0.4, -0.2) is 38.3 Å². The normalized spacial score (nSPS) is 16.8. The Bertz CT molecular complexity index is 1840. The average molecular weight is 564 g/mol. The van der Waals surface area contributed by atoms with Gasteiger partial charge in [-0.3, -0.25) is 14.2 Å². The second kappa shape index (κ2) is 11.4. The van der Waals surface area contributed by atoms with Gasteiger partial charge in [0.05, 0.1) is 0 Å². The van der Waals surface area contributed by atoms with Gasteiger partial charge in [-0.1, -0.05) is 18.2 Å². The van der Waals surface area contributed by atoms with Gasteiger partial charge in [0.1, 0.15) is 23.2 Å². The van der Waals surface area contributed by atoms with Crippen LogP contribution in [-0.2, 0) is 0 Å². The van der Waals surface area contributed by atoms with Crippen molar-refractivity contribution in [1.29, 1.82) is 0 Å². The Hall–Kier alpha value is -5.12. The van der Waals surface area contributed by atoms with Crippen molar-refractivity contribution in [2.75, 3.05) is 17.6 Å². The van der Waals surface area contributed by atoms with Crippen LogP contribution in [0, 0.1) is 11.7 Å². The van der Waals surface area contributed by atoms with Gasteiger partial charge < -0.3 is 16.0 Å². The molecule has 0 bridgehead atoms. The molecule has 1 aliphatic rings. The van der Waals surface area contributed by atoms with Gasteiger partial charge in [-0.05, 0) is 86.8 Å². The van der Waals surface area contributed by atoms with Crippen molar-refractivity contribution >= 4 is 29.6 Å². The van der Waals surface area contributed by atoms with Crippen LogP contribution in [0.4, 0.5) is 15.9 Å². The van der Waals surface area contributed by atoms with Gasteiger partial charge in [-0.2, -0.15) is 5.10 Å². The summed E-state index contributed by atoms with van der Waals surface area (Å²) in [4.78, 5) is 34.3. The molecule has 212 valence electrons. The highest BCUT2D eigenvalue weighted by Gasteiger charge is 2.27. The largest absolute Gasteiger partial charge is 0.382 e. The van der Waals surface area contributed by atoms with Gasteiger partial charge in [-0.25, -0.2) is 13.9 Å². The molecule has 10 heteroatoms. The zero-order valence-electron chi connectivity index (χ0n) is 22.9. The van der Waals surface area contributed by atoms with E-state index in [9.17, 15) is 9.59 Å². The van der Waals surface area contributed by atoms with Gasteiger partial charge in [0.25, 0.3) is 11.5 Å². The molecule has 1 aliphatic carbocycles. The molecule has 0 radical (unpaired) electrons. The lowest BCUT2D eigenvalue weighted by Gasteiger charge is -2.27. The van der Waals surface area contributed by atoms with Crippen LogP contribution in [0.5, 0.6) is 0 Å². The maximum atomic E-state index is 15.7. The highest BCUT2D eigenvalue weighted by atomic mass is 19.1. The lowest BCUT2D eigenvalue weighted by atomic mass is 9.80. The summed E-state index contributed by atoms with van der Waals surface area (Å²) in [6.07, 6.45) is 7.01. The SMILES string of the molecule is C=NC[C@H]1CC[C@@H](c2cc(-c3ccc(NC(=O)c4cccn(-c5ccccc5)c4=O)cc3F)c3c(N)ncnn32)CC1. The Morgan fingerprint density at radius 1 is 1.05 bits per heavy atom. The van der Waals surface area contributed by atoms with Crippen LogP contribution < -0.4 is 16.6 Å². The fourth-order valence-electron chi connectivity index (χ4n) is 5.88. The number of para-hydroxylation sites is 1. The molecule has 3 aromatic heterocycles. The Kier molecular flexibility index (Phi) is 7.35. The number of aliphatic imine (C=N–C) groups is 1. The Morgan fingerprint density at radius 3 is 2.57 bits per heavy atom. The van der Waals surface area contributed by atoms with Crippen LogP contribution in [0.1, 0.15) is 47.7 Å². The maximum Gasteiger partial charge on any atom is 0.267 e. The Labute approximate surface area is 241 Å². The van der Waals surface area contributed by atoms with E-state index < -0.39 is 17.3 Å². The molecular weight excluding hydrogens is 533 g/mol. The minimum Gasteiger partial charge on any atom is -0.382 e. The number of anilines is 2. The third kappa shape index (κ3) is 5.07. The number of pyridine rings is 1. The van der Waals surface area contributed by atoms with Gasteiger partial charge in [0.15, 0.2) is 5.82 Å². The molecule has 9 nitrogen and oxygen atoms in total. The predicted octanol–water partition coefficient (Wildman–Crippen LogP) is 5.50. The molecule has 1 fully saturated rings.